The second kappa shape index (κ2) is 15.6. The highest BCUT2D eigenvalue weighted by atomic mass is 15.4. The fourth-order valence-corrected chi connectivity index (χ4v) is 3.98. The summed E-state index contributed by atoms with van der Waals surface area (Å²) >= 11 is 0. The molecular formula is C23H46N2. The van der Waals surface area contributed by atoms with E-state index in [0.29, 0.717) is 6.17 Å². The van der Waals surface area contributed by atoms with Crippen LogP contribution in [-0.2, 0) is 0 Å². The van der Waals surface area contributed by atoms with E-state index in [9.17, 15) is 0 Å². The molecule has 2 nitrogen and oxygen atoms in total. The van der Waals surface area contributed by atoms with Crippen molar-refractivity contribution in [2.45, 2.75) is 123 Å². The summed E-state index contributed by atoms with van der Waals surface area (Å²) in [5.41, 5.74) is 0. The van der Waals surface area contributed by atoms with Crippen molar-refractivity contribution in [2.24, 2.45) is 0 Å². The van der Waals surface area contributed by atoms with Gasteiger partial charge in [0.15, 0.2) is 0 Å². The zero-order valence-corrected chi connectivity index (χ0v) is 17.6. The SMILES string of the molecule is CCCCCCCCCCCN1C=CN(CCCCCCC)C1CC. The Hall–Kier alpha value is -0.660. The summed E-state index contributed by atoms with van der Waals surface area (Å²) in [5.74, 6) is 0. The molecule has 0 aromatic rings. The van der Waals surface area contributed by atoms with Gasteiger partial charge in [-0.1, -0.05) is 97.8 Å². The van der Waals surface area contributed by atoms with Gasteiger partial charge in [0, 0.05) is 25.5 Å². The van der Waals surface area contributed by atoms with Gasteiger partial charge in [0.25, 0.3) is 0 Å². The first kappa shape index (κ1) is 22.4. The van der Waals surface area contributed by atoms with Gasteiger partial charge in [-0.05, 0) is 19.3 Å². The highest BCUT2D eigenvalue weighted by Crippen LogP contribution is 2.21. The second-order valence-corrected chi connectivity index (χ2v) is 7.91. The molecule has 148 valence electrons. The summed E-state index contributed by atoms with van der Waals surface area (Å²) in [4.78, 5) is 5.17. The number of hydrogen-bond donors (Lipinski definition) is 0. The quantitative estimate of drug-likeness (QED) is 0.254. The molecule has 1 atom stereocenters. The van der Waals surface area contributed by atoms with Crippen molar-refractivity contribution in [3.63, 3.8) is 0 Å². The van der Waals surface area contributed by atoms with Crippen LogP contribution in [0.4, 0.5) is 0 Å². The molecule has 0 fully saturated rings. The van der Waals surface area contributed by atoms with Gasteiger partial charge in [-0.15, -0.1) is 0 Å². The number of nitrogens with zero attached hydrogens (tertiary/aromatic N) is 2. The first-order valence-electron chi connectivity index (χ1n) is 11.5. The first-order valence-corrected chi connectivity index (χ1v) is 11.5. The van der Waals surface area contributed by atoms with Crippen molar-refractivity contribution in [2.75, 3.05) is 13.1 Å². The summed E-state index contributed by atoms with van der Waals surface area (Å²) in [6.07, 6.45) is 26.2. The van der Waals surface area contributed by atoms with Gasteiger partial charge in [0.1, 0.15) is 6.17 Å². The van der Waals surface area contributed by atoms with Gasteiger partial charge in [-0.25, -0.2) is 0 Å². The van der Waals surface area contributed by atoms with Crippen LogP contribution in [0, 0.1) is 0 Å². The van der Waals surface area contributed by atoms with E-state index in [0.717, 1.165) is 0 Å². The van der Waals surface area contributed by atoms with E-state index in [4.69, 9.17) is 0 Å². The average Bonchev–Trinajstić information content (AvgIpc) is 3.02. The predicted octanol–water partition coefficient (Wildman–Crippen LogP) is 7.31. The Morgan fingerprint density at radius 1 is 0.520 bits per heavy atom. The maximum atomic E-state index is 2.59. The van der Waals surface area contributed by atoms with Crippen LogP contribution in [0.25, 0.3) is 0 Å². The minimum atomic E-state index is 0.625. The summed E-state index contributed by atoms with van der Waals surface area (Å²) in [5, 5.41) is 0. The normalized spacial score (nSPS) is 17.0. The molecule has 0 amide bonds. The van der Waals surface area contributed by atoms with Gasteiger partial charge in [-0.2, -0.15) is 0 Å². The molecule has 1 rings (SSSR count). The smallest absolute Gasteiger partial charge is 0.100 e. The van der Waals surface area contributed by atoms with E-state index in [1.54, 1.807) is 0 Å². The van der Waals surface area contributed by atoms with E-state index in [1.807, 2.05) is 0 Å². The summed E-state index contributed by atoms with van der Waals surface area (Å²) < 4.78 is 0. The van der Waals surface area contributed by atoms with E-state index in [2.05, 4.69) is 43.0 Å². The third-order valence-corrected chi connectivity index (χ3v) is 5.62. The molecular weight excluding hydrogens is 304 g/mol. The Kier molecular flexibility index (Phi) is 14.0. The van der Waals surface area contributed by atoms with E-state index in [-0.39, 0.29) is 0 Å². The molecule has 0 bridgehead atoms. The topological polar surface area (TPSA) is 6.48 Å². The highest BCUT2D eigenvalue weighted by molar-refractivity contribution is 4.96. The molecule has 0 saturated heterocycles. The molecule has 0 aromatic carbocycles. The van der Waals surface area contributed by atoms with Crippen LogP contribution in [0.3, 0.4) is 0 Å². The number of hydrogen-bond acceptors (Lipinski definition) is 2. The van der Waals surface area contributed by atoms with Crippen molar-refractivity contribution in [3.05, 3.63) is 12.4 Å². The lowest BCUT2D eigenvalue weighted by Crippen LogP contribution is -2.38. The van der Waals surface area contributed by atoms with Crippen LogP contribution < -0.4 is 0 Å². The van der Waals surface area contributed by atoms with Gasteiger partial charge in [0.2, 0.25) is 0 Å². The largest absolute Gasteiger partial charge is 0.356 e. The molecule has 1 aliphatic heterocycles. The molecule has 2 heteroatoms. The van der Waals surface area contributed by atoms with Crippen LogP contribution in [0.2, 0.25) is 0 Å². The lowest BCUT2D eigenvalue weighted by Gasteiger charge is -2.32. The molecule has 0 spiro atoms. The van der Waals surface area contributed by atoms with Crippen LogP contribution in [0.15, 0.2) is 12.4 Å². The van der Waals surface area contributed by atoms with E-state index >= 15 is 0 Å². The first-order chi connectivity index (χ1) is 12.3. The van der Waals surface area contributed by atoms with Crippen molar-refractivity contribution in [3.8, 4) is 0 Å². The van der Waals surface area contributed by atoms with Crippen LogP contribution in [0.5, 0.6) is 0 Å². The van der Waals surface area contributed by atoms with Crippen molar-refractivity contribution >= 4 is 0 Å². The minimum Gasteiger partial charge on any atom is -0.356 e. The van der Waals surface area contributed by atoms with E-state index in [1.165, 1.54) is 109 Å². The Bertz CT molecular complexity index is 313. The van der Waals surface area contributed by atoms with Crippen LogP contribution in [-0.4, -0.2) is 29.1 Å². The standard InChI is InChI=1S/C23H46N2/c1-4-7-9-11-12-13-14-16-18-20-25-22-21-24(23(25)6-3)19-17-15-10-8-5-2/h21-23H,4-20H2,1-3H3. The molecule has 0 saturated carbocycles. The van der Waals surface area contributed by atoms with Gasteiger partial charge < -0.3 is 9.80 Å². The Morgan fingerprint density at radius 3 is 1.24 bits per heavy atom. The third kappa shape index (κ3) is 10.2. The van der Waals surface area contributed by atoms with Gasteiger partial charge in [-0.3, -0.25) is 0 Å². The summed E-state index contributed by atoms with van der Waals surface area (Å²) in [7, 11) is 0. The molecule has 0 N–H and O–H groups in total. The summed E-state index contributed by atoms with van der Waals surface area (Å²) in [6, 6.07) is 0. The molecule has 1 aliphatic rings. The maximum absolute atomic E-state index is 2.59. The van der Waals surface area contributed by atoms with Gasteiger partial charge in [0.05, 0.1) is 0 Å². The Labute approximate surface area is 159 Å². The molecule has 0 aromatic heterocycles. The Morgan fingerprint density at radius 2 is 0.880 bits per heavy atom. The number of unbranched alkanes of at least 4 members (excludes halogenated alkanes) is 12. The number of rotatable bonds is 17. The van der Waals surface area contributed by atoms with E-state index < -0.39 is 0 Å². The van der Waals surface area contributed by atoms with Crippen molar-refractivity contribution in [1.29, 1.82) is 0 Å². The zero-order chi connectivity index (χ0) is 18.2. The van der Waals surface area contributed by atoms with Crippen LogP contribution >= 0.6 is 0 Å². The minimum absolute atomic E-state index is 0.625. The zero-order valence-electron chi connectivity index (χ0n) is 17.6. The molecule has 0 radical (unpaired) electrons. The second-order valence-electron chi connectivity index (χ2n) is 7.91. The lowest BCUT2D eigenvalue weighted by molar-refractivity contribution is 0.144. The summed E-state index contributed by atoms with van der Waals surface area (Å²) in [6.45, 7) is 9.42. The lowest BCUT2D eigenvalue weighted by atomic mass is 10.1. The fourth-order valence-electron chi connectivity index (χ4n) is 3.98. The molecule has 25 heavy (non-hydrogen) atoms. The van der Waals surface area contributed by atoms with Crippen LogP contribution in [0.1, 0.15) is 117 Å². The average molecular weight is 351 g/mol. The monoisotopic (exact) mass is 350 g/mol. The molecule has 1 unspecified atom stereocenters. The molecule has 0 aliphatic carbocycles. The fraction of sp³-hybridized carbons (Fsp3) is 0.913. The van der Waals surface area contributed by atoms with Crippen molar-refractivity contribution < 1.29 is 0 Å². The molecule has 1 heterocycles. The predicted molar refractivity (Wildman–Crippen MR) is 113 cm³/mol. The maximum Gasteiger partial charge on any atom is 0.100 e. The van der Waals surface area contributed by atoms with Gasteiger partial charge >= 0.3 is 0 Å². The van der Waals surface area contributed by atoms with Crippen molar-refractivity contribution in [1.82, 2.24) is 9.80 Å². The highest BCUT2D eigenvalue weighted by Gasteiger charge is 2.23. The Balaban J connectivity index is 2.05. The third-order valence-electron chi connectivity index (χ3n) is 5.62.